The summed E-state index contributed by atoms with van der Waals surface area (Å²) < 4.78 is 0. The second-order valence-corrected chi connectivity index (χ2v) is 18.6. The van der Waals surface area contributed by atoms with E-state index >= 15 is 0 Å². The van der Waals surface area contributed by atoms with E-state index in [1.165, 1.54) is 18.7 Å². The number of aliphatic hydroxyl groups is 2. The molecule has 27 heteroatoms. The number of benzene rings is 1. The van der Waals surface area contributed by atoms with Crippen LogP contribution in [-0.4, -0.2) is 183 Å². The first-order valence-electron chi connectivity index (χ1n) is 23.5. The molecule has 1 fully saturated rings. The minimum Gasteiger partial charge on any atom is -0.481 e. The molecule has 0 aliphatic carbocycles. The number of likely N-dealkylation sites (tertiary alicyclic amines) is 1. The number of hydrogen-bond acceptors (Lipinski definition) is 15. The van der Waals surface area contributed by atoms with Crippen LogP contribution in [0.2, 0.25) is 0 Å². The van der Waals surface area contributed by atoms with Gasteiger partial charge in [-0.2, -0.15) is 11.8 Å². The van der Waals surface area contributed by atoms with Crippen LogP contribution in [0.1, 0.15) is 77.7 Å². The van der Waals surface area contributed by atoms with Crippen molar-refractivity contribution in [3.05, 3.63) is 35.9 Å². The second-order valence-electron chi connectivity index (χ2n) is 17.6. The summed E-state index contributed by atoms with van der Waals surface area (Å²) in [5.74, 6) is -9.44. The van der Waals surface area contributed by atoms with E-state index in [2.05, 4.69) is 42.2 Å². The van der Waals surface area contributed by atoms with E-state index in [1.54, 1.807) is 50.4 Å². The number of nitrogens with two attached hydrogens (primary N) is 3. The van der Waals surface area contributed by atoms with Gasteiger partial charge in [0, 0.05) is 25.9 Å². The van der Waals surface area contributed by atoms with Gasteiger partial charge in [0.2, 0.25) is 47.3 Å². The number of nitrogens with one attached hydrogen (secondary N) is 7. The van der Waals surface area contributed by atoms with Crippen LogP contribution < -0.4 is 54.4 Å². The number of rotatable bonds is 32. The maximum atomic E-state index is 14.1. The Hall–Kier alpha value is -6.58. The predicted molar refractivity (Wildman–Crippen MR) is 263 cm³/mol. The number of hydrogen-bond donors (Lipinski definition) is 14. The van der Waals surface area contributed by atoms with E-state index in [1.807, 2.05) is 0 Å². The standard InChI is InChI=1S/C45H72N12O14S/c1-24(2)20-30(39(65)56-33(23-59)44(70)71)53-36(62)25(3)50-38(64)28(16-19-72-4)51-40(66)31(21-26-10-6-5-7-11-26)54-41(67)32(22-58)55-42(68)34-13-9-18-57(34)43(69)29(14-15-35(60)61)52-37(63)27(46)12-8-17-49-45(47)48/h5-7,10-11,24-25,27-34,58-59H,8-9,12-23,46H2,1-4H3,(H,50,64)(H,51,66)(H,52,63)(H,53,62)(H,54,67)(H,55,68)(H,56,65)(H,60,61)(H,70,71)(H4,47,48,49)/t25-,27-,28-,29-,30-,31-,32-,33-,34-/m0/s1. The lowest BCUT2D eigenvalue weighted by Gasteiger charge is -2.30. The minimum absolute atomic E-state index is 0.0290. The summed E-state index contributed by atoms with van der Waals surface area (Å²) in [6, 6.07) is -3.77. The van der Waals surface area contributed by atoms with Crippen LogP contribution in [0.15, 0.2) is 35.3 Å². The van der Waals surface area contributed by atoms with Gasteiger partial charge in [-0.15, -0.1) is 0 Å². The molecule has 26 nitrogen and oxygen atoms in total. The minimum atomic E-state index is -1.67. The van der Waals surface area contributed by atoms with Gasteiger partial charge in [0.05, 0.1) is 19.3 Å². The van der Waals surface area contributed by atoms with Crippen molar-refractivity contribution in [3.63, 3.8) is 0 Å². The van der Waals surface area contributed by atoms with Crippen LogP contribution in [0.3, 0.4) is 0 Å². The van der Waals surface area contributed by atoms with Crippen LogP contribution in [0.5, 0.6) is 0 Å². The van der Waals surface area contributed by atoms with Gasteiger partial charge in [-0.05, 0) is 75.4 Å². The van der Waals surface area contributed by atoms with Gasteiger partial charge in [0.15, 0.2) is 5.96 Å². The number of carbonyl (C=O) groups is 10. The Kier molecular flexibility index (Phi) is 27.1. The van der Waals surface area contributed by atoms with Gasteiger partial charge >= 0.3 is 11.9 Å². The molecule has 9 atom stereocenters. The summed E-state index contributed by atoms with van der Waals surface area (Å²) in [7, 11) is 0. The zero-order valence-electron chi connectivity index (χ0n) is 41.0. The van der Waals surface area contributed by atoms with Gasteiger partial charge in [-0.25, -0.2) is 4.79 Å². The van der Waals surface area contributed by atoms with Crippen LogP contribution in [0.25, 0.3) is 0 Å². The molecule has 1 aliphatic heterocycles. The van der Waals surface area contributed by atoms with Crippen molar-refractivity contribution in [2.24, 2.45) is 28.1 Å². The van der Waals surface area contributed by atoms with E-state index in [9.17, 15) is 68.4 Å². The van der Waals surface area contributed by atoms with Crippen molar-refractivity contribution in [3.8, 4) is 0 Å². The van der Waals surface area contributed by atoms with Crippen LogP contribution in [0, 0.1) is 5.92 Å². The number of amides is 8. The number of nitrogens with zero attached hydrogens (tertiary/aromatic N) is 2. The lowest BCUT2D eigenvalue weighted by molar-refractivity contribution is -0.144. The summed E-state index contributed by atoms with van der Waals surface area (Å²) in [5, 5.41) is 55.7. The second kappa shape index (κ2) is 31.7. The first-order chi connectivity index (χ1) is 34.0. The molecule has 17 N–H and O–H groups in total. The predicted octanol–water partition coefficient (Wildman–Crippen LogP) is -4.25. The summed E-state index contributed by atoms with van der Waals surface area (Å²) >= 11 is 1.35. The molecule has 0 spiro atoms. The molecule has 8 amide bonds. The van der Waals surface area contributed by atoms with Crippen LogP contribution in [0.4, 0.5) is 0 Å². The van der Waals surface area contributed by atoms with E-state index in [-0.39, 0.29) is 63.5 Å². The molecule has 1 aromatic carbocycles. The maximum absolute atomic E-state index is 14.1. The van der Waals surface area contributed by atoms with E-state index < -0.39 is 133 Å². The summed E-state index contributed by atoms with van der Waals surface area (Å²) in [6.07, 6.45) is 1.77. The smallest absolute Gasteiger partial charge is 0.328 e. The van der Waals surface area contributed by atoms with Crippen molar-refractivity contribution < 1.29 is 68.4 Å². The molecule has 0 radical (unpaired) electrons. The SMILES string of the molecule is CSCC[C@H](NC(=O)[C@H](Cc1ccccc1)NC(=O)[C@H](CO)NC(=O)[C@@H]1CCCN1C(=O)[C@H](CCC(=O)O)NC(=O)[C@@H](N)CCCN=C(N)N)C(=O)N[C@@H](C)C(=O)N[C@@H](CC(C)C)C(=O)N[C@@H](CO)C(=O)O. The molecule has 1 saturated heterocycles. The zero-order valence-corrected chi connectivity index (χ0v) is 41.8. The lowest BCUT2D eigenvalue weighted by Crippen LogP contribution is -2.61. The molecule has 402 valence electrons. The fraction of sp³-hybridized carbons (Fsp3) is 0.622. The number of thioether (sulfide) groups is 1. The molecule has 1 aliphatic rings. The van der Waals surface area contributed by atoms with Gasteiger partial charge < -0.3 is 79.7 Å². The third-order valence-corrected chi connectivity index (χ3v) is 11.9. The quantitative estimate of drug-likeness (QED) is 0.0185. The normalized spacial score (nSPS) is 16.5. The monoisotopic (exact) mass is 1040 g/mol. The van der Waals surface area contributed by atoms with Crippen molar-refractivity contribution in [2.75, 3.05) is 38.3 Å². The van der Waals surface area contributed by atoms with Gasteiger partial charge in [-0.3, -0.25) is 48.1 Å². The highest BCUT2D eigenvalue weighted by molar-refractivity contribution is 7.98. The number of aliphatic hydroxyl groups excluding tert-OH is 2. The third-order valence-electron chi connectivity index (χ3n) is 11.3. The van der Waals surface area contributed by atoms with Crippen LogP contribution >= 0.6 is 11.8 Å². The Balaban J connectivity index is 2.28. The van der Waals surface area contributed by atoms with E-state index in [4.69, 9.17) is 17.2 Å². The Labute approximate surface area is 421 Å². The largest absolute Gasteiger partial charge is 0.481 e. The highest BCUT2D eigenvalue weighted by Crippen LogP contribution is 2.20. The Bertz CT molecular complexity index is 2050. The highest BCUT2D eigenvalue weighted by atomic mass is 32.2. The number of carbonyl (C=O) groups excluding carboxylic acids is 8. The molecule has 2 rings (SSSR count). The molecular weight excluding hydrogens is 965 g/mol. The number of aliphatic carboxylic acids is 2. The van der Waals surface area contributed by atoms with E-state index in [0.717, 1.165) is 4.90 Å². The van der Waals surface area contributed by atoms with E-state index in [0.29, 0.717) is 24.2 Å². The topological polar surface area (TPSA) is 429 Å². The van der Waals surface area contributed by atoms with Gasteiger partial charge in [0.25, 0.3) is 0 Å². The molecular formula is C45H72N12O14S. The number of guanidine groups is 1. The molecule has 1 aromatic rings. The van der Waals surface area contributed by atoms with Crippen molar-refractivity contribution in [1.29, 1.82) is 0 Å². The maximum Gasteiger partial charge on any atom is 0.328 e. The van der Waals surface area contributed by atoms with Gasteiger partial charge in [0.1, 0.15) is 48.3 Å². The highest BCUT2D eigenvalue weighted by Gasteiger charge is 2.40. The Morgan fingerprint density at radius 1 is 0.708 bits per heavy atom. The first-order valence-corrected chi connectivity index (χ1v) is 24.9. The summed E-state index contributed by atoms with van der Waals surface area (Å²) in [4.78, 5) is 137. The average Bonchev–Trinajstić information content (AvgIpc) is 3.83. The average molecular weight is 1040 g/mol. The summed E-state index contributed by atoms with van der Waals surface area (Å²) in [6.45, 7) is 3.20. The van der Waals surface area contributed by atoms with Crippen molar-refractivity contribution >= 4 is 76.9 Å². The Morgan fingerprint density at radius 2 is 1.28 bits per heavy atom. The van der Waals surface area contributed by atoms with Crippen molar-refractivity contribution in [2.45, 2.75) is 133 Å². The fourth-order valence-corrected chi connectivity index (χ4v) is 7.84. The van der Waals surface area contributed by atoms with Gasteiger partial charge in [-0.1, -0.05) is 44.2 Å². The van der Waals surface area contributed by atoms with Crippen LogP contribution in [-0.2, 0) is 54.4 Å². The number of aliphatic imine (C=N–C) groups is 1. The Morgan fingerprint density at radius 3 is 1.86 bits per heavy atom. The number of carboxylic acids is 2. The summed E-state index contributed by atoms with van der Waals surface area (Å²) in [5.41, 5.74) is 17.2. The molecule has 0 aromatic heterocycles. The lowest BCUT2D eigenvalue weighted by atomic mass is 10.0. The molecule has 72 heavy (non-hydrogen) atoms. The zero-order chi connectivity index (χ0) is 54.1. The first kappa shape index (κ1) is 61.5. The molecule has 0 bridgehead atoms. The van der Waals surface area contributed by atoms with Crippen molar-refractivity contribution in [1.82, 2.24) is 42.1 Å². The molecule has 0 saturated carbocycles. The third kappa shape index (κ3) is 21.4. The number of carboxylic acid groups (broad SMARTS) is 2. The molecule has 0 unspecified atom stereocenters. The fourth-order valence-electron chi connectivity index (χ4n) is 7.36. The molecule has 1 heterocycles.